The fourth-order valence-corrected chi connectivity index (χ4v) is 2.95. The summed E-state index contributed by atoms with van der Waals surface area (Å²) in [4.78, 5) is 11.2. The summed E-state index contributed by atoms with van der Waals surface area (Å²) in [6.07, 6.45) is 0. The SMILES string of the molecule is CC(=O)c1cccc(S(=O)(=O)Oc2cccc(Cl)c2Cl)c1. The van der Waals surface area contributed by atoms with Crippen LogP contribution in [0.4, 0.5) is 0 Å². The van der Waals surface area contributed by atoms with Gasteiger partial charge < -0.3 is 4.18 Å². The van der Waals surface area contributed by atoms with Crippen LogP contribution < -0.4 is 4.18 Å². The molecule has 0 aliphatic heterocycles. The molecule has 0 radical (unpaired) electrons. The number of hydrogen-bond donors (Lipinski definition) is 0. The molecule has 0 fully saturated rings. The highest BCUT2D eigenvalue weighted by Crippen LogP contribution is 2.33. The maximum absolute atomic E-state index is 12.2. The highest BCUT2D eigenvalue weighted by Gasteiger charge is 2.20. The quantitative estimate of drug-likeness (QED) is 0.622. The smallest absolute Gasteiger partial charge is 0.339 e. The topological polar surface area (TPSA) is 60.4 Å². The van der Waals surface area contributed by atoms with Crippen molar-refractivity contribution in [1.29, 1.82) is 0 Å². The number of Topliss-reactive ketones (excluding diaryl/α,β-unsaturated/α-hetero) is 1. The van der Waals surface area contributed by atoms with Crippen LogP contribution in [-0.2, 0) is 10.1 Å². The Balaban J connectivity index is 2.41. The first-order valence-electron chi connectivity index (χ1n) is 5.81. The Morgan fingerprint density at radius 3 is 2.43 bits per heavy atom. The van der Waals surface area contributed by atoms with Crippen LogP contribution in [0, 0.1) is 0 Å². The van der Waals surface area contributed by atoms with E-state index >= 15 is 0 Å². The van der Waals surface area contributed by atoms with Crippen LogP contribution in [0.25, 0.3) is 0 Å². The van der Waals surface area contributed by atoms with Gasteiger partial charge in [0, 0.05) is 5.56 Å². The Bertz CT molecular complexity index is 800. The summed E-state index contributed by atoms with van der Waals surface area (Å²) in [5, 5.41) is 0.187. The second-order valence-electron chi connectivity index (χ2n) is 4.17. The number of rotatable bonds is 4. The molecular weight excluding hydrogens is 335 g/mol. The van der Waals surface area contributed by atoms with Crippen molar-refractivity contribution < 1.29 is 17.4 Å². The van der Waals surface area contributed by atoms with E-state index in [9.17, 15) is 13.2 Å². The lowest BCUT2D eigenvalue weighted by Crippen LogP contribution is -2.11. The van der Waals surface area contributed by atoms with Gasteiger partial charge in [0.1, 0.15) is 9.92 Å². The number of carbonyl (C=O) groups is 1. The van der Waals surface area contributed by atoms with Gasteiger partial charge in [0.2, 0.25) is 0 Å². The van der Waals surface area contributed by atoms with Crippen molar-refractivity contribution in [1.82, 2.24) is 0 Å². The lowest BCUT2D eigenvalue weighted by Gasteiger charge is -2.09. The fourth-order valence-electron chi connectivity index (χ4n) is 1.59. The molecule has 0 heterocycles. The first-order chi connectivity index (χ1) is 9.81. The summed E-state index contributed by atoms with van der Waals surface area (Å²) >= 11 is 11.7. The maximum Gasteiger partial charge on any atom is 0.339 e. The largest absolute Gasteiger partial charge is 0.377 e. The zero-order valence-corrected chi connectivity index (χ0v) is 13.2. The molecule has 7 heteroatoms. The molecule has 2 aromatic rings. The first kappa shape index (κ1) is 15.8. The maximum atomic E-state index is 12.2. The Labute approximate surface area is 132 Å². The summed E-state index contributed by atoms with van der Waals surface area (Å²) in [6, 6.07) is 9.99. The van der Waals surface area contributed by atoms with Gasteiger partial charge in [0.15, 0.2) is 11.5 Å². The molecule has 0 saturated heterocycles. The van der Waals surface area contributed by atoms with Crippen LogP contribution in [0.2, 0.25) is 10.0 Å². The molecule has 4 nitrogen and oxygen atoms in total. The van der Waals surface area contributed by atoms with Crippen molar-refractivity contribution in [3.63, 3.8) is 0 Å². The fraction of sp³-hybridized carbons (Fsp3) is 0.0714. The van der Waals surface area contributed by atoms with Gasteiger partial charge in [-0.05, 0) is 31.2 Å². The van der Waals surface area contributed by atoms with Crippen LogP contribution in [0.5, 0.6) is 5.75 Å². The van der Waals surface area contributed by atoms with Crippen LogP contribution in [0.15, 0.2) is 47.4 Å². The second kappa shape index (κ2) is 6.05. The van der Waals surface area contributed by atoms with Gasteiger partial charge in [-0.3, -0.25) is 4.79 Å². The zero-order chi connectivity index (χ0) is 15.6. The van der Waals surface area contributed by atoms with Crippen molar-refractivity contribution in [2.45, 2.75) is 11.8 Å². The van der Waals surface area contributed by atoms with Crippen molar-refractivity contribution in [3.05, 3.63) is 58.1 Å². The minimum Gasteiger partial charge on any atom is -0.377 e. The molecule has 21 heavy (non-hydrogen) atoms. The highest BCUT2D eigenvalue weighted by atomic mass is 35.5. The minimum absolute atomic E-state index is 0.00506. The lowest BCUT2D eigenvalue weighted by molar-refractivity contribution is 0.101. The van der Waals surface area contributed by atoms with Crippen molar-refractivity contribution in [2.24, 2.45) is 0 Å². The Morgan fingerprint density at radius 2 is 1.76 bits per heavy atom. The van der Waals surface area contributed by atoms with Crippen molar-refractivity contribution in [3.8, 4) is 5.75 Å². The molecule has 0 amide bonds. The van der Waals surface area contributed by atoms with E-state index in [2.05, 4.69) is 0 Å². The average Bonchev–Trinajstić information content (AvgIpc) is 2.44. The Morgan fingerprint density at radius 1 is 1.10 bits per heavy atom. The first-order valence-corrected chi connectivity index (χ1v) is 7.97. The molecule has 0 aromatic heterocycles. The standard InChI is InChI=1S/C14H10Cl2O4S/c1-9(17)10-4-2-5-11(8-10)21(18,19)20-13-7-3-6-12(15)14(13)16/h2-8H,1H3. The van der Waals surface area contributed by atoms with Crippen LogP contribution in [0.3, 0.4) is 0 Å². The van der Waals surface area contributed by atoms with Crippen LogP contribution in [-0.4, -0.2) is 14.2 Å². The predicted octanol–water partition coefficient (Wildman–Crippen LogP) is 3.96. The van der Waals surface area contributed by atoms with Crippen molar-refractivity contribution in [2.75, 3.05) is 0 Å². The Kier molecular flexibility index (Phi) is 4.56. The molecule has 0 unspecified atom stereocenters. The number of benzene rings is 2. The molecule has 2 rings (SSSR count). The van der Waals surface area contributed by atoms with Crippen LogP contribution >= 0.6 is 23.2 Å². The van der Waals surface area contributed by atoms with E-state index in [0.29, 0.717) is 0 Å². The summed E-state index contributed by atoms with van der Waals surface area (Å²) in [5.74, 6) is -0.315. The van der Waals surface area contributed by atoms with E-state index in [4.69, 9.17) is 27.4 Å². The van der Waals surface area contributed by atoms with E-state index in [0.717, 1.165) is 0 Å². The van der Waals surface area contributed by atoms with E-state index in [-0.39, 0.29) is 32.0 Å². The van der Waals surface area contributed by atoms with Crippen LogP contribution in [0.1, 0.15) is 17.3 Å². The summed E-state index contributed by atoms with van der Waals surface area (Å²) in [5.41, 5.74) is 0.275. The molecular formula is C14H10Cl2O4S. The predicted molar refractivity (Wildman–Crippen MR) is 80.7 cm³/mol. The summed E-state index contributed by atoms with van der Waals surface area (Å²) in [7, 11) is -4.10. The molecule has 0 aliphatic rings. The molecule has 110 valence electrons. The molecule has 0 bridgehead atoms. The number of halogens is 2. The van der Waals surface area contributed by atoms with Gasteiger partial charge in [-0.15, -0.1) is 0 Å². The van der Waals surface area contributed by atoms with Gasteiger partial charge in [0.05, 0.1) is 5.02 Å². The molecule has 0 N–H and O–H groups in total. The van der Waals surface area contributed by atoms with Crippen molar-refractivity contribution >= 4 is 39.1 Å². The van der Waals surface area contributed by atoms with Gasteiger partial charge >= 0.3 is 10.1 Å². The number of hydrogen-bond acceptors (Lipinski definition) is 4. The molecule has 0 aliphatic carbocycles. The molecule has 0 saturated carbocycles. The summed E-state index contributed by atoms with van der Waals surface area (Å²) < 4.78 is 29.4. The van der Waals surface area contributed by atoms with E-state index < -0.39 is 10.1 Å². The van der Waals surface area contributed by atoms with E-state index in [1.165, 1.54) is 49.4 Å². The van der Waals surface area contributed by atoms with E-state index in [1.807, 2.05) is 0 Å². The number of ketones is 1. The zero-order valence-electron chi connectivity index (χ0n) is 10.8. The number of carbonyl (C=O) groups excluding carboxylic acids is 1. The third kappa shape index (κ3) is 3.56. The third-order valence-electron chi connectivity index (χ3n) is 2.64. The van der Waals surface area contributed by atoms with Gasteiger partial charge in [0.25, 0.3) is 0 Å². The van der Waals surface area contributed by atoms with Gasteiger partial charge in [-0.1, -0.05) is 41.4 Å². The van der Waals surface area contributed by atoms with Gasteiger partial charge in [-0.2, -0.15) is 8.42 Å². The lowest BCUT2D eigenvalue weighted by atomic mass is 10.2. The normalized spacial score (nSPS) is 11.2. The summed E-state index contributed by atoms with van der Waals surface area (Å²) in [6.45, 7) is 1.35. The molecule has 0 atom stereocenters. The Hall–Kier alpha value is -1.56. The third-order valence-corrected chi connectivity index (χ3v) is 4.68. The molecule has 0 spiro atoms. The van der Waals surface area contributed by atoms with Gasteiger partial charge in [-0.25, -0.2) is 0 Å². The highest BCUT2D eigenvalue weighted by molar-refractivity contribution is 7.87. The van der Waals surface area contributed by atoms with E-state index in [1.54, 1.807) is 0 Å². The molecule has 2 aromatic carbocycles. The monoisotopic (exact) mass is 344 g/mol. The minimum atomic E-state index is -4.10. The second-order valence-corrected chi connectivity index (χ2v) is 6.50. The average molecular weight is 345 g/mol.